The van der Waals surface area contributed by atoms with Crippen LogP contribution in [0.25, 0.3) is 0 Å². The number of nitrogens with one attached hydrogen (secondary N) is 1. The zero-order chi connectivity index (χ0) is 12.8. The van der Waals surface area contributed by atoms with E-state index < -0.39 is 0 Å². The molecule has 1 aromatic rings. The molecule has 1 saturated heterocycles. The fourth-order valence-corrected chi connectivity index (χ4v) is 2.22. The highest BCUT2D eigenvalue weighted by atomic mass is 16.5. The van der Waals surface area contributed by atoms with Crippen molar-refractivity contribution < 1.29 is 4.74 Å². The van der Waals surface area contributed by atoms with Crippen molar-refractivity contribution in [3.8, 4) is 0 Å². The van der Waals surface area contributed by atoms with E-state index in [1.54, 1.807) is 6.20 Å². The average Bonchev–Trinajstić information content (AvgIpc) is 2.40. The Hall–Kier alpha value is -1.36. The summed E-state index contributed by atoms with van der Waals surface area (Å²) in [6, 6.07) is 0. The van der Waals surface area contributed by atoms with E-state index in [0.717, 1.165) is 50.8 Å². The first-order chi connectivity index (χ1) is 8.79. The molecule has 1 N–H and O–H groups in total. The van der Waals surface area contributed by atoms with Gasteiger partial charge in [0.15, 0.2) is 0 Å². The van der Waals surface area contributed by atoms with Crippen molar-refractivity contribution in [2.75, 3.05) is 43.6 Å². The maximum absolute atomic E-state index is 5.38. The molecule has 0 amide bonds. The van der Waals surface area contributed by atoms with Gasteiger partial charge in [-0.3, -0.25) is 4.98 Å². The molecule has 1 fully saturated rings. The molecule has 0 saturated carbocycles. The molecule has 0 aliphatic carbocycles. The molecule has 1 aliphatic rings. The zero-order valence-corrected chi connectivity index (χ0v) is 11.2. The molecular formula is C13H22N4O. The van der Waals surface area contributed by atoms with Crippen LogP contribution in [-0.2, 0) is 4.74 Å². The summed E-state index contributed by atoms with van der Waals surface area (Å²) in [6.45, 7) is 5.72. The number of hydrogen-bond donors (Lipinski definition) is 1. The summed E-state index contributed by atoms with van der Waals surface area (Å²) in [5, 5.41) is 3.19. The molecule has 18 heavy (non-hydrogen) atoms. The van der Waals surface area contributed by atoms with Gasteiger partial charge in [0.25, 0.3) is 0 Å². The van der Waals surface area contributed by atoms with Crippen molar-refractivity contribution in [1.82, 2.24) is 9.97 Å². The van der Waals surface area contributed by atoms with Crippen LogP contribution in [0.15, 0.2) is 12.4 Å². The van der Waals surface area contributed by atoms with E-state index in [1.807, 2.05) is 6.20 Å². The van der Waals surface area contributed by atoms with E-state index in [2.05, 4.69) is 34.2 Å². The van der Waals surface area contributed by atoms with Gasteiger partial charge in [-0.2, -0.15) is 0 Å². The Morgan fingerprint density at radius 2 is 2.17 bits per heavy atom. The Morgan fingerprint density at radius 3 is 2.89 bits per heavy atom. The normalized spacial score (nSPS) is 16.6. The van der Waals surface area contributed by atoms with E-state index in [9.17, 15) is 0 Å². The maximum atomic E-state index is 5.38. The summed E-state index contributed by atoms with van der Waals surface area (Å²) in [5.74, 6) is 2.47. The topological polar surface area (TPSA) is 50.3 Å². The summed E-state index contributed by atoms with van der Waals surface area (Å²) in [4.78, 5) is 11.0. The summed E-state index contributed by atoms with van der Waals surface area (Å²) in [6.07, 6.45) is 5.87. The minimum absolute atomic E-state index is 0.702. The highest BCUT2D eigenvalue weighted by molar-refractivity contribution is 5.43. The van der Waals surface area contributed by atoms with Crippen LogP contribution in [0.1, 0.15) is 19.8 Å². The van der Waals surface area contributed by atoms with Gasteiger partial charge in [0.05, 0.1) is 12.4 Å². The van der Waals surface area contributed by atoms with Crippen LogP contribution in [0.3, 0.4) is 0 Å². The van der Waals surface area contributed by atoms with Gasteiger partial charge in [0.1, 0.15) is 11.6 Å². The van der Waals surface area contributed by atoms with E-state index >= 15 is 0 Å². The first-order valence-corrected chi connectivity index (χ1v) is 6.64. The second-order valence-corrected chi connectivity index (χ2v) is 4.73. The fourth-order valence-electron chi connectivity index (χ4n) is 2.22. The minimum Gasteiger partial charge on any atom is -0.381 e. The number of rotatable bonds is 5. The number of hydrogen-bond acceptors (Lipinski definition) is 5. The summed E-state index contributed by atoms with van der Waals surface area (Å²) in [5.41, 5.74) is 0. The van der Waals surface area contributed by atoms with Gasteiger partial charge >= 0.3 is 0 Å². The van der Waals surface area contributed by atoms with Crippen molar-refractivity contribution >= 4 is 11.6 Å². The molecule has 0 unspecified atom stereocenters. The molecule has 0 spiro atoms. The molecule has 0 aromatic carbocycles. The number of ether oxygens (including phenoxy) is 1. The van der Waals surface area contributed by atoms with Crippen LogP contribution in [0, 0.1) is 5.92 Å². The molecule has 2 heterocycles. The molecule has 5 nitrogen and oxygen atoms in total. The van der Waals surface area contributed by atoms with Crippen LogP contribution in [0.2, 0.25) is 0 Å². The standard InChI is InChI=1S/C13H22N4O/c1-3-15-12-8-14-9-13(16-12)17(2)10-11-4-6-18-7-5-11/h8-9,11H,3-7,10H2,1-2H3,(H,15,16). The summed E-state index contributed by atoms with van der Waals surface area (Å²) < 4.78 is 5.38. The lowest BCUT2D eigenvalue weighted by molar-refractivity contribution is 0.0685. The predicted molar refractivity (Wildman–Crippen MR) is 73.0 cm³/mol. The quantitative estimate of drug-likeness (QED) is 0.863. The van der Waals surface area contributed by atoms with E-state index in [1.165, 1.54) is 0 Å². The number of aromatic nitrogens is 2. The lowest BCUT2D eigenvalue weighted by atomic mass is 10.00. The Morgan fingerprint density at radius 1 is 1.39 bits per heavy atom. The minimum atomic E-state index is 0.702. The highest BCUT2D eigenvalue weighted by Crippen LogP contribution is 2.18. The van der Waals surface area contributed by atoms with Crippen LogP contribution < -0.4 is 10.2 Å². The van der Waals surface area contributed by atoms with Crippen molar-refractivity contribution in [3.05, 3.63) is 12.4 Å². The molecule has 0 bridgehead atoms. The lowest BCUT2D eigenvalue weighted by Gasteiger charge is -2.27. The fraction of sp³-hybridized carbons (Fsp3) is 0.692. The molecule has 0 radical (unpaired) electrons. The third kappa shape index (κ3) is 3.57. The Bertz CT molecular complexity index is 366. The van der Waals surface area contributed by atoms with Crippen LogP contribution in [0.4, 0.5) is 11.6 Å². The van der Waals surface area contributed by atoms with E-state index in [-0.39, 0.29) is 0 Å². The Labute approximate surface area is 109 Å². The van der Waals surface area contributed by atoms with Crippen molar-refractivity contribution in [2.45, 2.75) is 19.8 Å². The molecule has 0 atom stereocenters. The predicted octanol–water partition coefficient (Wildman–Crippen LogP) is 1.77. The molecule has 100 valence electrons. The molecule has 1 aliphatic heterocycles. The smallest absolute Gasteiger partial charge is 0.149 e. The number of anilines is 2. The number of nitrogens with zero attached hydrogens (tertiary/aromatic N) is 3. The summed E-state index contributed by atoms with van der Waals surface area (Å²) >= 11 is 0. The third-order valence-corrected chi connectivity index (χ3v) is 3.24. The first-order valence-electron chi connectivity index (χ1n) is 6.64. The first kappa shape index (κ1) is 13.1. The van der Waals surface area contributed by atoms with Crippen molar-refractivity contribution in [1.29, 1.82) is 0 Å². The van der Waals surface area contributed by atoms with Gasteiger partial charge in [-0.1, -0.05) is 0 Å². The Kier molecular flexibility index (Phi) is 4.75. The Balaban J connectivity index is 1.94. The SMILES string of the molecule is CCNc1cncc(N(C)CC2CCOCC2)n1. The third-order valence-electron chi connectivity index (χ3n) is 3.24. The molecular weight excluding hydrogens is 228 g/mol. The lowest BCUT2D eigenvalue weighted by Crippen LogP contribution is -2.30. The van der Waals surface area contributed by atoms with Crippen LogP contribution >= 0.6 is 0 Å². The van der Waals surface area contributed by atoms with Gasteiger partial charge in [0, 0.05) is 33.4 Å². The van der Waals surface area contributed by atoms with Gasteiger partial charge in [-0.15, -0.1) is 0 Å². The largest absolute Gasteiger partial charge is 0.381 e. The zero-order valence-electron chi connectivity index (χ0n) is 11.2. The van der Waals surface area contributed by atoms with Crippen molar-refractivity contribution in [3.63, 3.8) is 0 Å². The van der Waals surface area contributed by atoms with E-state index in [4.69, 9.17) is 4.74 Å². The molecule has 2 rings (SSSR count). The molecule has 5 heteroatoms. The molecule has 1 aromatic heterocycles. The van der Waals surface area contributed by atoms with Gasteiger partial charge < -0.3 is 15.0 Å². The summed E-state index contributed by atoms with van der Waals surface area (Å²) in [7, 11) is 2.08. The monoisotopic (exact) mass is 250 g/mol. The second kappa shape index (κ2) is 6.54. The van der Waals surface area contributed by atoms with Crippen LogP contribution in [-0.4, -0.2) is 43.3 Å². The van der Waals surface area contributed by atoms with Gasteiger partial charge in [-0.05, 0) is 25.7 Å². The van der Waals surface area contributed by atoms with Crippen LogP contribution in [0.5, 0.6) is 0 Å². The van der Waals surface area contributed by atoms with Gasteiger partial charge in [-0.25, -0.2) is 4.98 Å². The highest BCUT2D eigenvalue weighted by Gasteiger charge is 2.16. The van der Waals surface area contributed by atoms with E-state index in [0.29, 0.717) is 5.92 Å². The average molecular weight is 250 g/mol. The second-order valence-electron chi connectivity index (χ2n) is 4.73. The maximum Gasteiger partial charge on any atom is 0.149 e. The van der Waals surface area contributed by atoms with Gasteiger partial charge in [0.2, 0.25) is 0 Å². The van der Waals surface area contributed by atoms with Crippen molar-refractivity contribution in [2.24, 2.45) is 5.92 Å².